The number of nitrogens with one attached hydrogen (secondary N) is 1. The van der Waals surface area contributed by atoms with Crippen molar-refractivity contribution in [3.8, 4) is 0 Å². The van der Waals surface area contributed by atoms with E-state index in [-0.39, 0.29) is 24.3 Å². The number of amides is 2. The van der Waals surface area contributed by atoms with Gasteiger partial charge in [-0.25, -0.2) is 0 Å². The number of carboxylic acid groups (broad SMARTS) is 1. The highest BCUT2D eigenvalue weighted by Crippen LogP contribution is 2.39. The topological polar surface area (TPSA) is 107 Å². The summed E-state index contributed by atoms with van der Waals surface area (Å²) in [4.78, 5) is 38.6. The number of aromatic nitrogens is 2. The van der Waals surface area contributed by atoms with E-state index in [9.17, 15) is 14.4 Å². The Balaban J connectivity index is 1.51. The van der Waals surface area contributed by atoms with Crippen LogP contribution >= 0.6 is 0 Å². The Labute approximate surface area is 139 Å². The molecule has 2 fully saturated rings. The normalized spacial score (nSPS) is 18.5. The van der Waals surface area contributed by atoms with Gasteiger partial charge in [0.2, 0.25) is 5.91 Å². The molecule has 0 atom stereocenters. The Morgan fingerprint density at radius 3 is 2.54 bits per heavy atom. The standard InChI is InChI=1S/C16H22N4O4/c1-19(15(22)13-8-12(17-18-13)10-2-3-10)9-14(21)20-6-4-11(5-7-20)16(23)24/h8,10-11H,2-7,9H2,1H3,(H,17,18)(H,23,24). The Morgan fingerprint density at radius 1 is 1.29 bits per heavy atom. The number of likely N-dealkylation sites (N-methyl/N-ethyl adjacent to an activating group) is 1. The van der Waals surface area contributed by atoms with E-state index in [1.54, 1.807) is 18.0 Å². The predicted molar refractivity (Wildman–Crippen MR) is 84.5 cm³/mol. The largest absolute Gasteiger partial charge is 0.481 e. The summed E-state index contributed by atoms with van der Waals surface area (Å²) >= 11 is 0. The maximum absolute atomic E-state index is 12.4. The number of likely N-dealkylation sites (tertiary alicyclic amines) is 1. The molecule has 1 aliphatic heterocycles. The number of aromatic amines is 1. The number of carbonyl (C=O) groups excluding carboxylic acids is 2. The molecule has 0 bridgehead atoms. The summed E-state index contributed by atoms with van der Waals surface area (Å²) in [5.74, 6) is -1.14. The number of carboxylic acids is 1. The Morgan fingerprint density at radius 2 is 1.96 bits per heavy atom. The fourth-order valence-corrected chi connectivity index (χ4v) is 3.00. The van der Waals surface area contributed by atoms with Gasteiger partial charge in [-0.05, 0) is 31.7 Å². The van der Waals surface area contributed by atoms with Crippen LogP contribution in [0.15, 0.2) is 6.07 Å². The van der Waals surface area contributed by atoms with Gasteiger partial charge < -0.3 is 14.9 Å². The number of nitrogens with zero attached hydrogens (tertiary/aromatic N) is 3. The van der Waals surface area contributed by atoms with Crippen molar-refractivity contribution in [2.75, 3.05) is 26.7 Å². The molecule has 0 unspecified atom stereocenters. The Bertz CT molecular complexity index is 644. The molecule has 1 aromatic rings. The SMILES string of the molecule is CN(CC(=O)N1CCC(C(=O)O)CC1)C(=O)c1cc(C2CC2)[nH]n1. The van der Waals surface area contributed by atoms with Gasteiger partial charge in [-0.15, -0.1) is 0 Å². The van der Waals surface area contributed by atoms with Crippen molar-refractivity contribution in [2.45, 2.75) is 31.6 Å². The second-order valence-electron chi connectivity index (χ2n) is 6.64. The lowest BCUT2D eigenvalue weighted by atomic mass is 9.97. The van der Waals surface area contributed by atoms with Crippen molar-refractivity contribution >= 4 is 17.8 Å². The maximum atomic E-state index is 12.4. The lowest BCUT2D eigenvalue weighted by Crippen LogP contribution is -2.45. The summed E-state index contributed by atoms with van der Waals surface area (Å²) in [6, 6.07) is 1.76. The van der Waals surface area contributed by atoms with Crippen LogP contribution in [0.1, 0.15) is 47.8 Å². The highest BCUT2D eigenvalue weighted by Gasteiger charge is 2.29. The Kier molecular flexibility index (Phi) is 4.55. The van der Waals surface area contributed by atoms with E-state index in [1.807, 2.05) is 0 Å². The van der Waals surface area contributed by atoms with Crippen molar-refractivity contribution in [1.82, 2.24) is 20.0 Å². The van der Waals surface area contributed by atoms with Gasteiger partial charge in [0.25, 0.3) is 5.91 Å². The van der Waals surface area contributed by atoms with E-state index in [0.717, 1.165) is 18.5 Å². The molecule has 0 radical (unpaired) electrons. The van der Waals surface area contributed by atoms with E-state index in [1.165, 1.54) is 4.90 Å². The van der Waals surface area contributed by atoms with Crippen LogP contribution in [-0.4, -0.2) is 69.6 Å². The summed E-state index contributed by atoms with van der Waals surface area (Å²) in [6.07, 6.45) is 3.17. The van der Waals surface area contributed by atoms with E-state index >= 15 is 0 Å². The summed E-state index contributed by atoms with van der Waals surface area (Å²) in [6.45, 7) is 0.820. The fourth-order valence-electron chi connectivity index (χ4n) is 3.00. The van der Waals surface area contributed by atoms with Crippen LogP contribution in [0.2, 0.25) is 0 Å². The van der Waals surface area contributed by atoms with E-state index < -0.39 is 5.97 Å². The second kappa shape index (κ2) is 6.62. The first-order valence-electron chi connectivity index (χ1n) is 8.27. The lowest BCUT2D eigenvalue weighted by Gasteiger charge is -2.31. The van der Waals surface area contributed by atoms with Gasteiger partial charge in [-0.1, -0.05) is 0 Å². The third-order valence-corrected chi connectivity index (χ3v) is 4.75. The highest BCUT2D eigenvalue weighted by molar-refractivity contribution is 5.94. The molecule has 0 spiro atoms. The zero-order valence-electron chi connectivity index (χ0n) is 13.7. The van der Waals surface area contributed by atoms with Crippen molar-refractivity contribution in [3.63, 3.8) is 0 Å². The molecule has 8 heteroatoms. The van der Waals surface area contributed by atoms with Crippen molar-refractivity contribution in [2.24, 2.45) is 5.92 Å². The Hall–Kier alpha value is -2.38. The molecule has 24 heavy (non-hydrogen) atoms. The number of hydrogen-bond donors (Lipinski definition) is 2. The number of H-pyrrole nitrogens is 1. The minimum absolute atomic E-state index is 0.0256. The van der Waals surface area contributed by atoms with Gasteiger partial charge in [0.15, 0.2) is 0 Å². The van der Waals surface area contributed by atoms with Crippen LogP contribution in [0.5, 0.6) is 0 Å². The van der Waals surface area contributed by atoms with E-state index in [2.05, 4.69) is 10.2 Å². The number of aliphatic carboxylic acids is 1. The number of piperidine rings is 1. The zero-order valence-corrected chi connectivity index (χ0v) is 13.7. The zero-order chi connectivity index (χ0) is 17.3. The third kappa shape index (κ3) is 3.58. The van der Waals surface area contributed by atoms with Gasteiger partial charge in [-0.3, -0.25) is 19.5 Å². The van der Waals surface area contributed by atoms with Gasteiger partial charge in [0.1, 0.15) is 5.69 Å². The molecule has 1 aliphatic carbocycles. The van der Waals surface area contributed by atoms with Crippen molar-refractivity contribution in [1.29, 1.82) is 0 Å². The quantitative estimate of drug-likeness (QED) is 0.823. The average molecular weight is 334 g/mol. The molecular weight excluding hydrogens is 312 g/mol. The minimum atomic E-state index is -0.806. The first-order valence-corrected chi connectivity index (χ1v) is 8.27. The molecular formula is C16H22N4O4. The molecule has 130 valence electrons. The number of carbonyl (C=O) groups is 3. The molecule has 2 N–H and O–H groups in total. The monoisotopic (exact) mass is 334 g/mol. The van der Waals surface area contributed by atoms with Gasteiger partial charge in [-0.2, -0.15) is 5.10 Å². The molecule has 8 nitrogen and oxygen atoms in total. The molecule has 0 aromatic carbocycles. The average Bonchev–Trinajstić information content (AvgIpc) is 3.31. The number of rotatable bonds is 5. The van der Waals surface area contributed by atoms with Gasteiger partial charge in [0.05, 0.1) is 12.5 Å². The molecule has 1 aromatic heterocycles. The third-order valence-electron chi connectivity index (χ3n) is 4.75. The summed E-state index contributed by atoms with van der Waals surface area (Å²) < 4.78 is 0. The summed E-state index contributed by atoms with van der Waals surface area (Å²) in [7, 11) is 1.58. The molecule has 2 aliphatic rings. The highest BCUT2D eigenvalue weighted by atomic mass is 16.4. The van der Waals surface area contributed by atoms with E-state index in [4.69, 9.17) is 5.11 Å². The van der Waals surface area contributed by atoms with E-state index in [0.29, 0.717) is 37.5 Å². The van der Waals surface area contributed by atoms with Crippen LogP contribution < -0.4 is 0 Å². The summed E-state index contributed by atoms with van der Waals surface area (Å²) in [5.41, 5.74) is 1.31. The molecule has 1 saturated heterocycles. The maximum Gasteiger partial charge on any atom is 0.306 e. The van der Waals surface area contributed by atoms with Crippen LogP contribution in [0.25, 0.3) is 0 Å². The van der Waals surface area contributed by atoms with Crippen LogP contribution in [0, 0.1) is 5.92 Å². The van der Waals surface area contributed by atoms with Gasteiger partial charge >= 0.3 is 5.97 Å². The number of hydrogen-bond acceptors (Lipinski definition) is 4. The minimum Gasteiger partial charge on any atom is -0.481 e. The molecule has 3 rings (SSSR count). The predicted octanol–water partition coefficient (Wildman–Crippen LogP) is 0.682. The molecule has 2 heterocycles. The summed E-state index contributed by atoms with van der Waals surface area (Å²) in [5, 5.41) is 15.9. The van der Waals surface area contributed by atoms with Crippen LogP contribution in [0.4, 0.5) is 0 Å². The van der Waals surface area contributed by atoms with Crippen molar-refractivity contribution in [3.05, 3.63) is 17.5 Å². The first-order chi connectivity index (χ1) is 11.5. The lowest BCUT2D eigenvalue weighted by molar-refractivity contribution is -0.145. The second-order valence-corrected chi connectivity index (χ2v) is 6.64. The van der Waals surface area contributed by atoms with Gasteiger partial charge in [0, 0.05) is 31.7 Å². The van der Waals surface area contributed by atoms with Crippen LogP contribution in [-0.2, 0) is 9.59 Å². The van der Waals surface area contributed by atoms with Crippen molar-refractivity contribution < 1.29 is 19.5 Å². The fraction of sp³-hybridized carbons (Fsp3) is 0.625. The smallest absolute Gasteiger partial charge is 0.306 e. The molecule has 1 saturated carbocycles. The molecule has 2 amide bonds. The van der Waals surface area contributed by atoms with Crippen LogP contribution in [0.3, 0.4) is 0 Å². The first kappa shape index (κ1) is 16.5.